The molecule has 2 aromatic heterocycles. The number of aldehydes is 1. The smallest absolute Gasteiger partial charge is 0.337 e. The summed E-state index contributed by atoms with van der Waals surface area (Å²) in [5, 5.41) is 3.62. The summed E-state index contributed by atoms with van der Waals surface area (Å²) in [6.45, 7) is 1.88. The van der Waals surface area contributed by atoms with Gasteiger partial charge in [0.1, 0.15) is 6.29 Å². The van der Waals surface area contributed by atoms with E-state index in [1.807, 2.05) is 62.3 Å². The fraction of sp³-hybridized carbons (Fsp3) is 0.364. The summed E-state index contributed by atoms with van der Waals surface area (Å²) >= 11 is 0. The lowest BCUT2D eigenvalue weighted by atomic mass is 9.90. The van der Waals surface area contributed by atoms with Crippen LogP contribution < -0.4 is 16.6 Å². The molecule has 2 saturated carbocycles. The monoisotopic (exact) mass is 565 g/mol. The van der Waals surface area contributed by atoms with Crippen molar-refractivity contribution < 1.29 is 9.59 Å². The molecule has 0 unspecified atom stereocenters. The van der Waals surface area contributed by atoms with Crippen LogP contribution in [-0.4, -0.2) is 56.9 Å². The predicted molar refractivity (Wildman–Crippen MR) is 162 cm³/mol. The lowest BCUT2D eigenvalue weighted by Crippen LogP contribution is -2.50. The van der Waals surface area contributed by atoms with Crippen LogP contribution in [0, 0.1) is 6.92 Å². The van der Waals surface area contributed by atoms with Gasteiger partial charge in [-0.15, -0.1) is 0 Å². The fourth-order valence-corrected chi connectivity index (χ4v) is 6.24. The van der Waals surface area contributed by atoms with E-state index in [9.17, 15) is 19.2 Å². The van der Waals surface area contributed by atoms with Crippen molar-refractivity contribution in [3.8, 4) is 16.8 Å². The Morgan fingerprint density at radius 3 is 2.36 bits per heavy atom. The third-order valence-electron chi connectivity index (χ3n) is 8.95. The molecule has 0 spiro atoms. The van der Waals surface area contributed by atoms with Gasteiger partial charge in [0.25, 0.3) is 5.56 Å². The Morgan fingerprint density at radius 2 is 1.71 bits per heavy atom. The maximum atomic E-state index is 14.2. The van der Waals surface area contributed by atoms with Crippen LogP contribution in [0.2, 0.25) is 0 Å². The van der Waals surface area contributed by atoms with Crippen LogP contribution in [0.3, 0.4) is 0 Å². The van der Waals surface area contributed by atoms with Gasteiger partial charge in [-0.2, -0.15) is 0 Å². The first-order chi connectivity index (χ1) is 20.2. The first kappa shape index (κ1) is 27.8. The molecular weight excluding hydrogens is 530 g/mol. The molecule has 4 aromatic rings. The van der Waals surface area contributed by atoms with Crippen LogP contribution in [-0.2, 0) is 4.79 Å². The van der Waals surface area contributed by atoms with Gasteiger partial charge < -0.3 is 5.32 Å². The lowest BCUT2D eigenvalue weighted by molar-refractivity contribution is -0.128. The molecule has 1 amide bonds. The molecule has 2 heterocycles. The number of amides is 1. The maximum Gasteiger partial charge on any atom is 0.337 e. The van der Waals surface area contributed by atoms with Crippen molar-refractivity contribution >= 4 is 23.2 Å². The van der Waals surface area contributed by atoms with Crippen molar-refractivity contribution in [3.05, 3.63) is 92.8 Å². The van der Waals surface area contributed by atoms with Crippen molar-refractivity contribution in [1.29, 1.82) is 0 Å². The number of nitrogens with one attached hydrogen (secondary N) is 1. The number of rotatable bonds is 7. The quantitative estimate of drug-likeness (QED) is 0.339. The molecule has 9 heteroatoms. The van der Waals surface area contributed by atoms with Gasteiger partial charge >= 0.3 is 5.69 Å². The minimum Gasteiger partial charge on any atom is -0.352 e. The van der Waals surface area contributed by atoms with Crippen molar-refractivity contribution in [1.82, 2.24) is 24.3 Å². The summed E-state index contributed by atoms with van der Waals surface area (Å²) in [6, 6.07) is 16.3. The number of aryl methyl sites for hydroxylation is 1. The van der Waals surface area contributed by atoms with Crippen molar-refractivity contribution in [2.24, 2.45) is 0 Å². The van der Waals surface area contributed by atoms with Crippen LogP contribution in [0.5, 0.6) is 0 Å². The van der Waals surface area contributed by atoms with E-state index in [1.54, 1.807) is 24.4 Å². The number of nitrogens with zero attached hydrogens (tertiary/aromatic N) is 4. The highest BCUT2D eigenvalue weighted by Gasteiger charge is 2.52. The van der Waals surface area contributed by atoms with Gasteiger partial charge in [-0.3, -0.25) is 23.9 Å². The molecule has 2 aliphatic carbocycles. The SMILES string of the molecule is Cc1cnc2c(c1)c(=O)n(C1CCC(NC(=O)C3(N(C)C)CC3)CC1)c(=O)n2-c1cccc(-c2ccc(C=O)cc2)c1. The summed E-state index contributed by atoms with van der Waals surface area (Å²) in [6.07, 6.45) is 6.82. The summed E-state index contributed by atoms with van der Waals surface area (Å²) in [5.41, 5.74) is 2.97. The second-order valence-corrected chi connectivity index (χ2v) is 11.9. The number of carbonyl (C=O) groups excluding carboxylic acids is 2. The van der Waals surface area contributed by atoms with E-state index in [4.69, 9.17) is 0 Å². The normalized spacial score (nSPS) is 19.5. The average molecular weight is 566 g/mol. The first-order valence-electron chi connectivity index (χ1n) is 14.5. The van der Waals surface area contributed by atoms with Crippen molar-refractivity contribution in [3.63, 3.8) is 0 Å². The zero-order valence-corrected chi connectivity index (χ0v) is 24.2. The molecule has 0 atom stereocenters. The molecule has 9 nitrogen and oxygen atoms in total. The van der Waals surface area contributed by atoms with E-state index in [2.05, 4.69) is 10.3 Å². The third-order valence-corrected chi connectivity index (χ3v) is 8.95. The second-order valence-electron chi connectivity index (χ2n) is 11.9. The van der Waals surface area contributed by atoms with Gasteiger partial charge in [-0.05, 0) is 94.4 Å². The first-order valence-corrected chi connectivity index (χ1v) is 14.5. The molecule has 6 rings (SSSR count). The summed E-state index contributed by atoms with van der Waals surface area (Å²) in [4.78, 5) is 58.6. The van der Waals surface area contributed by atoms with Crippen LogP contribution in [0.1, 0.15) is 60.5 Å². The molecule has 1 N–H and O–H groups in total. The van der Waals surface area contributed by atoms with Gasteiger partial charge in [0.2, 0.25) is 5.91 Å². The molecule has 2 aromatic carbocycles. The highest BCUT2D eigenvalue weighted by molar-refractivity contribution is 5.89. The Labute approximate surface area is 243 Å². The van der Waals surface area contributed by atoms with Crippen LogP contribution in [0.25, 0.3) is 27.8 Å². The van der Waals surface area contributed by atoms with E-state index in [-0.39, 0.29) is 23.6 Å². The molecule has 2 fully saturated rings. The van der Waals surface area contributed by atoms with E-state index in [0.717, 1.165) is 35.8 Å². The Hall–Kier alpha value is -4.37. The minimum absolute atomic E-state index is 0.0238. The van der Waals surface area contributed by atoms with Crippen LogP contribution in [0.4, 0.5) is 0 Å². The van der Waals surface area contributed by atoms with E-state index in [1.165, 1.54) is 9.13 Å². The molecule has 42 heavy (non-hydrogen) atoms. The van der Waals surface area contributed by atoms with Gasteiger partial charge in [0, 0.05) is 23.8 Å². The highest BCUT2D eigenvalue weighted by atomic mass is 16.2. The zero-order chi connectivity index (χ0) is 29.6. The Morgan fingerprint density at radius 1 is 1.00 bits per heavy atom. The molecule has 0 bridgehead atoms. The zero-order valence-electron chi connectivity index (χ0n) is 24.2. The van der Waals surface area contributed by atoms with E-state index < -0.39 is 11.2 Å². The Kier molecular flexibility index (Phi) is 7.14. The molecule has 0 aliphatic heterocycles. The molecule has 0 radical (unpaired) electrons. The number of carbonyl (C=O) groups is 2. The van der Waals surface area contributed by atoms with Gasteiger partial charge in [0.05, 0.1) is 16.6 Å². The maximum absolute atomic E-state index is 14.2. The Balaban J connectivity index is 1.36. The number of hydrogen-bond acceptors (Lipinski definition) is 6. The van der Waals surface area contributed by atoms with E-state index >= 15 is 0 Å². The molecule has 0 saturated heterocycles. The number of benzene rings is 2. The third kappa shape index (κ3) is 4.87. The topological polar surface area (TPSA) is 106 Å². The number of aromatic nitrogens is 3. The summed E-state index contributed by atoms with van der Waals surface area (Å²) in [7, 11) is 3.88. The highest BCUT2D eigenvalue weighted by Crippen LogP contribution is 2.40. The summed E-state index contributed by atoms with van der Waals surface area (Å²) in [5.74, 6) is 0.0726. The van der Waals surface area contributed by atoms with Gasteiger partial charge in [-0.25, -0.2) is 14.3 Å². The number of hydrogen-bond donors (Lipinski definition) is 1. The fourth-order valence-electron chi connectivity index (χ4n) is 6.24. The Bertz CT molecular complexity index is 1790. The standard InChI is InChI=1S/C33H35N5O4/c1-21-17-28-29(34-19-21)37(27-6-4-5-24(18-27)23-9-7-22(20-39)8-10-23)32(42)38(30(28)40)26-13-11-25(12-14-26)35-31(41)33(15-16-33)36(2)3/h4-10,17-20,25-26H,11-16H2,1-3H3,(H,35,41). The van der Waals surface area contributed by atoms with Crippen LogP contribution >= 0.6 is 0 Å². The second kappa shape index (κ2) is 10.8. The number of pyridine rings is 1. The molecule has 2 aliphatic rings. The average Bonchev–Trinajstić information content (AvgIpc) is 3.82. The van der Waals surface area contributed by atoms with Crippen molar-refractivity contribution in [2.75, 3.05) is 14.1 Å². The lowest BCUT2D eigenvalue weighted by Gasteiger charge is -2.32. The molecular formula is C33H35N5O4. The minimum atomic E-state index is -0.422. The van der Waals surface area contributed by atoms with Crippen molar-refractivity contribution in [2.45, 2.75) is 63.1 Å². The largest absolute Gasteiger partial charge is 0.352 e. The van der Waals surface area contributed by atoms with E-state index in [0.29, 0.717) is 48.0 Å². The van der Waals surface area contributed by atoms with Gasteiger partial charge in [-0.1, -0.05) is 36.4 Å². The van der Waals surface area contributed by atoms with Gasteiger partial charge in [0.15, 0.2) is 5.65 Å². The predicted octanol–water partition coefficient (Wildman–Crippen LogP) is 4.03. The molecule has 216 valence electrons. The number of likely N-dealkylation sites (N-methyl/N-ethyl adjacent to an activating group) is 1. The summed E-state index contributed by atoms with van der Waals surface area (Å²) < 4.78 is 2.93. The number of fused-ring (bicyclic) bond motifs is 1. The van der Waals surface area contributed by atoms with Crippen LogP contribution in [0.15, 0.2) is 70.4 Å².